The Hall–Kier alpha value is -1.79. The fraction of sp³-hybridized carbons (Fsp3) is 0.364. The van der Waals surface area contributed by atoms with Crippen molar-refractivity contribution in [1.82, 2.24) is 5.32 Å². The van der Waals surface area contributed by atoms with Gasteiger partial charge in [-0.3, -0.25) is 4.79 Å². The first-order valence-electron chi connectivity index (χ1n) is 5.16. The SMILES string of the molecule is Nc1ccc(CC(=O)NCC(O)CO)cc1O. The Bertz CT molecular complexity index is 395. The monoisotopic (exact) mass is 240 g/mol. The van der Waals surface area contributed by atoms with E-state index in [1.54, 1.807) is 6.07 Å². The summed E-state index contributed by atoms with van der Waals surface area (Å²) in [7, 11) is 0. The molecule has 0 aliphatic rings. The smallest absolute Gasteiger partial charge is 0.224 e. The lowest BCUT2D eigenvalue weighted by Gasteiger charge is -2.09. The minimum atomic E-state index is -0.959. The lowest BCUT2D eigenvalue weighted by atomic mass is 10.1. The summed E-state index contributed by atoms with van der Waals surface area (Å²) in [5.74, 6) is -0.368. The van der Waals surface area contributed by atoms with Crippen molar-refractivity contribution in [3.05, 3.63) is 23.8 Å². The average Bonchev–Trinajstić information content (AvgIpc) is 2.31. The Kier molecular flexibility index (Phi) is 4.74. The highest BCUT2D eigenvalue weighted by atomic mass is 16.3. The van der Waals surface area contributed by atoms with Crippen LogP contribution >= 0.6 is 0 Å². The van der Waals surface area contributed by atoms with Gasteiger partial charge in [-0.15, -0.1) is 0 Å². The van der Waals surface area contributed by atoms with Gasteiger partial charge in [0.2, 0.25) is 5.91 Å². The fourth-order valence-corrected chi connectivity index (χ4v) is 1.24. The molecule has 0 aromatic heterocycles. The van der Waals surface area contributed by atoms with Crippen LogP contribution in [-0.4, -0.2) is 40.5 Å². The predicted molar refractivity (Wildman–Crippen MR) is 62.3 cm³/mol. The molecular formula is C11H16N2O4. The predicted octanol–water partition coefficient (Wildman–Crippen LogP) is -1.01. The molecule has 0 radical (unpaired) electrons. The first kappa shape index (κ1) is 13.3. The van der Waals surface area contributed by atoms with Gasteiger partial charge < -0.3 is 26.4 Å². The van der Waals surface area contributed by atoms with Gasteiger partial charge in [0.25, 0.3) is 0 Å². The van der Waals surface area contributed by atoms with Crippen LogP contribution in [0.2, 0.25) is 0 Å². The topological polar surface area (TPSA) is 116 Å². The van der Waals surface area contributed by atoms with Crippen LogP contribution in [0.4, 0.5) is 5.69 Å². The summed E-state index contributed by atoms with van der Waals surface area (Å²) in [6.45, 7) is -0.404. The summed E-state index contributed by atoms with van der Waals surface area (Å²) in [4.78, 5) is 11.4. The number of rotatable bonds is 5. The Morgan fingerprint density at radius 2 is 2.18 bits per heavy atom. The molecule has 1 atom stereocenters. The van der Waals surface area contributed by atoms with Crippen LogP contribution in [-0.2, 0) is 11.2 Å². The Balaban J connectivity index is 2.48. The van der Waals surface area contributed by atoms with Gasteiger partial charge >= 0.3 is 0 Å². The Labute approximate surface area is 98.7 Å². The number of nitrogen functional groups attached to an aromatic ring is 1. The number of aliphatic hydroxyl groups excluding tert-OH is 2. The summed E-state index contributed by atoms with van der Waals surface area (Å²) in [5, 5.41) is 29.4. The number of hydrogen-bond donors (Lipinski definition) is 5. The summed E-state index contributed by atoms with van der Waals surface area (Å²) in [6.07, 6.45) is -0.884. The highest BCUT2D eigenvalue weighted by molar-refractivity contribution is 5.79. The maximum Gasteiger partial charge on any atom is 0.224 e. The van der Waals surface area contributed by atoms with Crippen LogP contribution in [0.3, 0.4) is 0 Å². The fourth-order valence-electron chi connectivity index (χ4n) is 1.24. The number of aromatic hydroxyl groups is 1. The molecular weight excluding hydrogens is 224 g/mol. The van der Waals surface area contributed by atoms with Crippen LogP contribution in [0.25, 0.3) is 0 Å². The van der Waals surface area contributed by atoms with Crippen molar-refractivity contribution in [2.24, 2.45) is 0 Å². The van der Waals surface area contributed by atoms with E-state index in [-0.39, 0.29) is 30.3 Å². The summed E-state index contributed by atoms with van der Waals surface area (Å²) >= 11 is 0. The van der Waals surface area contributed by atoms with Crippen molar-refractivity contribution in [2.75, 3.05) is 18.9 Å². The minimum absolute atomic E-state index is 0.00368. The minimum Gasteiger partial charge on any atom is -0.506 e. The molecule has 94 valence electrons. The van der Waals surface area contributed by atoms with Crippen molar-refractivity contribution in [3.63, 3.8) is 0 Å². The van der Waals surface area contributed by atoms with Crippen LogP contribution in [0.1, 0.15) is 5.56 Å². The summed E-state index contributed by atoms with van der Waals surface area (Å²) in [5.41, 5.74) is 6.30. The molecule has 6 N–H and O–H groups in total. The van der Waals surface area contributed by atoms with E-state index >= 15 is 0 Å². The van der Waals surface area contributed by atoms with Crippen molar-refractivity contribution in [3.8, 4) is 5.75 Å². The number of hydrogen-bond acceptors (Lipinski definition) is 5. The van der Waals surface area contributed by atoms with Gasteiger partial charge in [0.15, 0.2) is 0 Å². The van der Waals surface area contributed by atoms with Gasteiger partial charge in [0, 0.05) is 6.54 Å². The van der Waals surface area contributed by atoms with E-state index < -0.39 is 12.7 Å². The number of anilines is 1. The van der Waals surface area contributed by atoms with E-state index in [1.165, 1.54) is 12.1 Å². The van der Waals surface area contributed by atoms with Crippen LogP contribution in [0.5, 0.6) is 5.75 Å². The quantitative estimate of drug-likeness (QED) is 0.334. The highest BCUT2D eigenvalue weighted by Gasteiger charge is 2.07. The number of amides is 1. The van der Waals surface area contributed by atoms with E-state index in [2.05, 4.69) is 5.32 Å². The number of phenols is 1. The molecule has 0 aliphatic heterocycles. The largest absolute Gasteiger partial charge is 0.506 e. The van der Waals surface area contributed by atoms with E-state index in [1.807, 2.05) is 0 Å². The number of carbonyl (C=O) groups excluding carboxylic acids is 1. The molecule has 0 spiro atoms. The van der Waals surface area contributed by atoms with Crippen molar-refractivity contribution >= 4 is 11.6 Å². The zero-order chi connectivity index (χ0) is 12.8. The number of benzene rings is 1. The average molecular weight is 240 g/mol. The second-order valence-electron chi connectivity index (χ2n) is 3.71. The molecule has 0 saturated heterocycles. The standard InChI is InChI=1S/C11H16N2O4/c12-9-2-1-7(3-10(9)16)4-11(17)13-5-8(15)6-14/h1-3,8,14-16H,4-6,12H2,(H,13,17). The molecule has 0 heterocycles. The summed E-state index contributed by atoms with van der Waals surface area (Å²) in [6, 6.07) is 4.56. The second-order valence-corrected chi connectivity index (χ2v) is 3.71. The molecule has 6 nitrogen and oxygen atoms in total. The molecule has 0 fully saturated rings. The first-order valence-corrected chi connectivity index (χ1v) is 5.16. The number of carbonyl (C=O) groups is 1. The molecule has 1 aromatic rings. The molecule has 6 heteroatoms. The van der Waals surface area contributed by atoms with E-state index in [4.69, 9.17) is 15.9 Å². The highest BCUT2D eigenvalue weighted by Crippen LogP contribution is 2.20. The van der Waals surface area contributed by atoms with Gasteiger partial charge in [-0.1, -0.05) is 6.07 Å². The maximum atomic E-state index is 11.4. The molecule has 1 rings (SSSR count). The third kappa shape index (κ3) is 4.29. The van der Waals surface area contributed by atoms with E-state index in [0.29, 0.717) is 5.56 Å². The first-order chi connectivity index (χ1) is 8.02. The lowest BCUT2D eigenvalue weighted by Crippen LogP contribution is -2.34. The number of phenolic OH excluding ortho intramolecular Hbond substituents is 1. The van der Waals surface area contributed by atoms with Gasteiger partial charge in [-0.25, -0.2) is 0 Å². The van der Waals surface area contributed by atoms with Gasteiger partial charge in [-0.2, -0.15) is 0 Å². The van der Waals surface area contributed by atoms with Crippen LogP contribution in [0, 0.1) is 0 Å². The lowest BCUT2D eigenvalue weighted by molar-refractivity contribution is -0.121. The second kappa shape index (κ2) is 6.07. The Morgan fingerprint density at radius 3 is 2.76 bits per heavy atom. The van der Waals surface area contributed by atoms with Gasteiger partial charge in [-0.05, 0) is 17.7 Å². The van der Waals surface area contributed by atoms with E-state index in [9.17, 15) is 9.90 Å². The maximum absolute atomic E-state index is 11.4. The molecule has 0 aliphatic carbocycles. The summed E-state index contributed by atoms with van der Waals surface area (Å²) < 4.78 is 0. The van der Waals surface area contributed by atoms with Gasteiger partial charge in [0.1, 0.15) is 5.75 Å². The van der Waals surface area contributed by atoms with Crippen molar-refractivity contribution in [1.29, 1.82) is 0 Å². The zero-order valence-electron chi connectivity index (χ0n) is 9.26. The number of nitrogens with one attached hydrogen (secondary N) is 1. The third-order valence-corrected chi connectivity index (χ3v) is 2.21. The zero-order valence-corrected chi connectivity index (χ0v) is 9.26. The number of nitrogens with two attached hydrogens (primary N) is 1. The molecule has 0 bridgehead atoms. The van der Waals surface area contributed by atoms with Gasteiger partial charge in [0.05, 0.1) is 24.8 Å². The molecule has 1 amide bonds. The molecule has 0 saturated carbocycles. The van der Waals surface area contributed by atoms with Crippen molar-refractivity contribution in [2.45, 2.75) is 12.5 Å². The third-order valence-electron chi connectivity index (χ3n) is 2.21. The molecule has 17 heavy (non-hydrogen) atoms. The number of aliphatic hydroxyl groups is 2. The van der Waals surface area contributed by atoms with Crippen LogP contribution < -0.4 is 11.1 Å². The Morgan fingerprint density at radius 1 is 1.47 bits per heavy atom. The van der Waals surface area contributed by atoms with E-state index in [0.717, 1.165) is 0 Å². The molecule has 1 unspecified atom stereocenters. The van der Waals surface area contributed by atoms with Crippen LogP contribution in [0.15, 0.2) is 18.2 Å². The van der Waals surface area contributed by atoms with Crippen molar-refractivity contribution < 1.29 is 20.1 Å². The molecule has 1 aromatic carbocycles. The normalized spacial score (nSPS) is 12.1.